The van der Waals surface area contributed by atoms with Crippen LogP contribution < -0.4 is 5.56 Å². The Balaban J connectivity index is 3.32. The number of hydrogen-bond donors (Lipinski definition) is 1. The Morgan fingerprint density at radius 2 is 2.19 bits per heavy atom. The minimum atomic E-state index is -4.64. The highest BCUT2D eigenvalue weighted by Gasteiger charge is 2.33. The summed E-state index contributed by atoms with van der Waals surface area (Å²) in [5, 5.41) is 8.61. The molecule has 1 heterocycles. The van der Waals surface area contributed by atoms with Gasteiger partial charge in [0.15, 0.2) is 10.9 Å². The molecule has 0 fully saturated rings. The molecule has 0 bridgehead atoms. The second-order valence-electron chi connectivity index (χ2n) is 2.84. The van der Waals surface area contributed by atoms with E-state index in [0.717, 1.165) is 16.3 Å². The molecular weight excluding hydrogens is 245 g/mol. The van der Waals surface area contributed by atoms with Gasteiger partial charge in [0.2, 0.25) is 0 Å². The predicted molar refractivity (Wildman–Crippen MR) is 52.4 cm³/mol. The second kappa shape index (κ2) is 4.88. The summed E-state index contributed by atoms with van der Waals surface area (Å²) in [5.41, 5.74) is -2.03. The van der Waals surface area contributed by atoms with Gasteiger partial charge in [0.1, 0.15) is 0 Å². The number of aromatic nitrogens is 2. The van der Waals surface area contributed by atoms with E-state index in [9.17, 15) is 18.0 Å². The number of aliphatic hydroxyl groups excluding tert-OH is 1. The van der Waals surface area contributed by atoms with E-state index in [1.54, 1.807) is 0 Å². The number of halogens is 3. The molecule has 8 heteroatoms. The molecule has 0 aromatic carbocycles. The van der Waals surface area contributed by atoms with Crippen LogP contribution >= 0.6 is 11.8 Å². The van der Waals surface area contributed by atoms with Gasteiger partial charge in [-0.25, -0.2) is 4.98 Å². The molecule has 0 saturated heterocycles. The van der Waals surface area contributed by atoms with Gasteiger partial charge < -0.3 is 5.11 Å². The Hall–Kier alpha value is -1.02. The summed E-state index contributed by atoms with van der Waals surface area (Å²) < 4.78 is 38.0. The third kappa shape index (κ3) is 2.76. The normalized spacial score (nSPS) is 11.8. The zero-order valence-corrected chi connectivity index (χ0v) is 9.10. The van der Waals surface area contributed by atoms with Crippen molar-refractivity contribution in [1.29, 1.82) is 0 Å². The third-order valence-electron chi connectivity index (χ3n) is 1.77. The van der Waals surface area contributed by atoms with Crippen molar-refractivity contribution in [2.45, 2.75) is 17.9 Å². The van der Waals surface area contributed by atoms with Gasteiger partial charge in [0.05, 0.1) is 13.2 Å². The first-order chi connectivity index (χ1) is 7.40. The average molecular weight is 254 g/mol. The minimum absolute atomic E-state index is 0.0612. The van der Waals surface area contributed by atoms with Gasteiger partial charge in [0.25, 0.3) is 5.56 Å². The maximum atomic E-state index is 12.3. The van der Waals surface area contributed by atoms with Crippen LogP contribution in [0.1, 0.15) is 5.69 Å². The summed E-state index contributed by atoms with van der Waals surface area (Å²) in [5.74, 6) is 0. The monoisotopic (exact) mass is 254 g/mol. The zero-order valence-electron chi connectivity index (χ0n) is 8.28. The van der Waals surface area contributed by atoms with Gasteiger partial charge in [-0.3, -0.25) is 9.36 Å². The number of hydrogen-bond acceptors (Lipinski definition) is 4. The summed E-state index contributed by atoms with van der Waals surface area (Å²) in [6.45, 7) is -0.402. The Morgan fingerprint density at radius 3 is 2.62 bits per heavy atom. The van der Waals surface area contributed by atoms with Crippen molar-refractivity contribution in [1.82, 2.24) is 9.55 Å². The molecule has 1 aromatic heterocycles. The zero-order chi connectivity index (χ0) is 12.3. The first kappa shape index (κ1) is 13.0. The number of thioether (sulfide) groups is 1. The number of rotatable bonds is 3. The van der Waals surface area contributed by atoms with Crippen molar-refractivity contribution in [3.63, 3.8) is 0 Å². The molecule has 0 saturated carbocycles. The topological polar surface area (TPSA) is 55.1 Å². The van der Waals surface area contributed by atoms with Crippen molar-refractivity contribution in [3.8, 4) is 0 Å². The molecule has 0 aliphatic carbocycles. The van der Waals surface area contributed by atoms with Gasteiger partial charge in [0, 0.05) is 6.07 Å². The quantitative estimate of drug-likeness (QED) is 0.645. The number of alkyl halides is 3. The maximum Gasteiger partial charge on any atom is 0.433 e. The van der Waals surface area contributed by atoms with Crippen molar-refractivity contribution in [3.05, 3.63) is 22.1 Å². The molecule has 1 aromatic rings. The second-order valence-corrected chi connectivity index (χ2v) is 3.61. The van der Waals surface area contributed by atoms with Crippen molar-refractivity contribution >= 4 is 11.8 Å². The van der Waals surface area contributed by atoms with E-state index in [2.05, 4.69) is 4.98 Å². The Bertz CT molecular complexity index is 430. The summed E-state index contributed by atoms with van der Waals surface area (Å²) >= 11 is 0.921. The molecule has 0 spiro atoms. The lowest BCUT2D eigenvalue weighted by Crippen LogP contribution is -2.27. The van der Waals surface area contributed by atoms with Crippen LogP contribution in [0.5, 0.6) is 0 Å². The van der Waals surface area contributed by atoms with E-state index < -0.39 is 17.4 Å². The smallest absolute Gasteiger partial charge is 0.395 e. The molecular formula is C8H9F3N2O2S. The summed E-state index contributed by atoms with van der Waals surface area (Å²) in [6, 6.07) is 0.426. The minimum Gasteiger partial charge on any atom is -0.395 e. The fraction of sp³-hybridized carbons (Fsp3) is 0.500. The molecule has 0 aliphatic rings. The van der Waals surface area contributed by atoms with Crippen molar-refractivity contribution in [2.75, 3.05) is 12.9 Å². The first-order valence-corrected chi connectivity index (χ1v) is 5.46. The molecule has 0 aliphatic heterocycles. The molecule has 90 valence electrons. The molecule has 16 heavy (non-hydrogen) atoms. The predicted octanol–water partition coefficient (Wildman–Crippen LogP) is 0.976. The van der Waals surface area contributed by atoms with Crippen molar-refractivity contribution < 1.29 is 18.3 Å². The van der Waals surface area contributed by atoms with Gasteiger partial charge in [-0.2, -0.15) is 13.2 Å². The van der Waals surface area contributed by atoms with Gasteiger partial charge in [-0.05, 0) is 6.26 Å². The lowest BCUT2D eigenvalue weighted by atomic mass is 10.4. The van der Waals surface area contributed by atoms with E-state index in [1.165, 1.54) is 6.26 Å². The van der Waals surface area contributed by atoms with E-state index >= 15 is 0 Å². The van der Waals surface area contributed by atoms with Crippen LogP contribution in [0.3, 0.4) is 0 Å². The maximum absolute atomic E-state index is 12.3. The van der Waals surface area contributed by atoms with Crippen LogP contribution in [-0.2, 0) is 12.7 Å². The van der Waals surface area contributed by atoms with Crippen LogP contribution in [0, 0.1) is 0 Å². The number of aliphatic hydroxyl groups is 1. The number of nitrogens with zero attached hydrogens (tertiary/aromatic N) is 2. The molecule has 0 unspecified atom stereocenters. The van der Waals surface area contributed by atoms with E-state index in [0.29, 0.717) is 6.07 Å². The lowest BCUT2D eigenvalue weighted by Gasteiger charge is -2.11. The summed E-state index contributed by atoms with van der Waals surface area (Å²) in [6.07, 6.45) is -3.13. The van der Waals surface area contributed by atoms with Gasteiger partial charge in [-0.15, -0.1) is 0 Å². The highest BCUT2D eigenvalue weighted by atomic mass is 32.2. The van der Waals surface area contributed by atoms with E-state index in [4.69, 9.17) is 5.11 Å². The van der Waals surface area contributed by atoms with Crippen LogP contribution in [0.15, 0.2) is 16.0 Å². The molecule has 0 radical (unpaired) electrons. The SMILES string of the molecule is CSc1nc(C(F)(F)F)cc(=O)n1CCO. The lowest BCUT2D eigenvalue weighted by molar-refractivity contribution is -0.141. The third-order valence-corrected chi connectivity index (χ3v) is 2.45. The van der Waals surface area contributed by atoms with E-state index in [-0.39, 0.29) is 18.3 Å². The molecule has 1 N–H and O–H groups in total. The summed E-state index contributed by atoms with van der Waals surface area (Å²) in [7, 11) is 0. The molecule has 0 atom stereocenters. The van der Waals surface area contributed by atoms with Gasteiger partial charge >= 0.3 is 6.18 Å². The van der Waals surface area contributed by atoms with Crippen LogP contribution in [-0.4, -0.2) is 27.5 Å². The Morgan fingerprint density at radius 1 is 1.56 bits per heavy atom. The average Bonchev–Trinajstić information content (AvgIpc) is 2.19. The molecule has 0 amide bonds. The van der Waals surface area contributed by atoms with Crippen molar-refractivity contribution in [2.24, 2.45) is 0 Å². The Kier molecular flexibility index (Phi) is 3.98. The first-order valence-electron chi connectivity index (χ1n) is 4.24. The van der Waals surface area contributed by atoms with Gasteiger partial charge in [-0.1, -0.05) is 11.8 Å². The Labute approximate surface area is 93.1 Å². The standard InChI is InChI=1S/C8H9F3N2O2S/c1-16-7-12-5(8(9,10)11)4-6(15)13(7)2-3-14/h4,14H,2-3H2,1H3. The highest BCUT2D eigenvalue weighted by Crippen LogP contribution is 2.27. The fourth-order valence-electron chi connectivity index (χ4n) is 1.09. The van der Waals surface area contributed by atoms with Crippen LogP contribution in [0.4, 0.5) is 13.2 Å². The summed E-state index contributed by atoms with van der Waals surface area (Å²) in [4.78, 5) is 14.7. The van der Waals surface area contributed by atoms with Crippen LogP contribution in [0.2, 0.25) is 0 Å². The largest absolute Gasteiger partial charge is 0.433 e. The fourth-order valence-corrected chi connectivity index (χ4v) is 1.68. The molecule has 1 rings (SSSR count). The highest BCUT2D eigenvalue weighted by molar-refractivity contribution is 7.98. The molecule has 4 nitrogen and oxygen atoms in total. The van der Waals surface area contributed by atoms with E-state index in [1.807, 2.05) is 0 Å². The van der Waals surface area contributed by atoms with Crippen LogP contribution in [0.25, 0.3) is 0 Å².